The lowest BCUT2D eigenvalue weighted by Crippen LogP contribution is -2.48. The first-order valence-corrected chi connectivity index (χ1v) is 9.15. The standard InChI is InChI=1S/C19H32N4O/c1-4-12-23-13-10-17(11-14-23)22-19(20-5-2)21-15-16-8-6-7-9-18(16)24-3/h6-9,17H,4-5,10-15H2,1-3H3,(H2,20,21,22). The van der Waals surface area contributed by atoms with Crippen LogP contribution in [-0.2, 0) is 6.54 Å². The highest BCUT2D eigenvalue weighted by Gasteiger charge is 2.19. The maximum atomic E-state index is 5.41. The topological polar surface area (TPSA) is 48.9 Å². The van der Waals surface area contributed by atoms with Gasteiger partial charge in [-0.05, 0) is 38.8 Å². The summed E-state index contributed by atoms with van der Waals surface area (Å²) in [7, 11) is 1.70. The van der Waals surface area contributed by atoms with Crippen LogP contribution < -0.4 is 15.4 Å². The van der Waals surface area contributed by atoms with Gasteiger partial charge in [0.15, 0.2) is 5.96 Å². The minimum Gasteiger partial charge on any atom is -0.496 e. The molecular weight excluding hydrogens is 300 g/mol. The molecule has 0 spiro atoms. The van der Waals surface area contributed by atoms with E-state index >= 15 is 0 Å². The number of aliphatic imine (C=N–C) groups is 1. The number of rotatable bonds is 7. The number of piperidine rings is 1. The molecule has 1 aromatic carbocycles. The normalized spacial score (nSPS) is 16.9. The average Bonchev–Trinajstić information content (AvgIpc) is 2.62. The van der Waals surface area contributed by atoms with Crippen LogP contribution in [0.1, 0.15) is 38.7 Å². The summed E-state index contributed by atoms with van der Waals surface area (Å²) in [6.45, 7) is 9.41. The number of nitrogens with zero attached hydrogens (tertiary/aromatic N) is 2. The summed E-state index contributed by atoms with van der Waals surface area (Å²) >= 11 is 0. The van der Waals surface area contributed by atoms with E-state index in [0.29, 0.717) is 12.6 Å². The summed E-state index contributed by atoms with van der Waals surface area (Å²) in [5.74, 6) is 1.79. The molecule has 0 saturated carbocycles. The van der Waals surface area contributed by atoms with Crippen LogP contribution in [0.15, 0.2) is 29.3 Å². The lowest BCUT2D eigenvalue weighted by molar-refractivity contribution is 0.206. The van der Waals surface area contributed by atoms with Crippen LogP contribution in [0.5, 0.6) is 5.75 Å². The third-order valence-corrected chi connectivity index (χ3v) is 4.41. The molecule has 134 valence electrons. The smallest absolute Gasteiger partial charge is 0.191 e. The van der Waals surface area contributed by atoms with E-state index < -0.39 is 0 Å². The van der Waals surface area contributed by atoms with Gasteiger partial charge in [0.25, 0.3) is 0 Å². The summed E-state index contributed by atoms with van der Waals surface area (Å²) in [6, 6.07) is 8.56. The Hall–Kier alpha value is -1.75. The lowest BCUT2D eigenvalue weighted by Gasteiger charge is -2.32. The van der Waals surface area contributed by atoms with Gasteiger partial charge in [-0.3, -0.25) is 0 Å². The van der Waals surface area contributed by atoms with Crippen molar-refractivity contribution in [3.63, 3.8) is 0 Å². The van der Waals surface area contributed by atoms with Crippen LogP contribution in [0.25, 0.3) is 0 Å². The van der Waals surface area contributed by atoms with Gasteiger partial charge >= 0.3 is 0 Å². The van der Waals surface area contributed by atoms with Crippen molar-refractivity contribution >= 4 is 5.96 Å². The van der Waals surface area contributed by atoms with Gasteiger partial charge in [0.05, 0.1) is 13.7 Å². The second-order valence-corrected chi connectivity index (χ2v) is 6.27. The van der Waals surface area contributed by atoms with Crippen LogP contribution in [0.4, 0.5) is 0 Å². The van der Waals surface area contributed by atoms with Crippen LogP contribution in [0, 0.1) is 0 Å². The van der Waals surface area contributed by atoms with Crippen LogP contribution in [-0.4, -0.2) is 50.2 Å². The van der Waals surface area contributed by atoms with Crippen LogP contribution in [0.3, 0.4) is 0 Å². The second kappa shape index (κ2) is 10.2. The molecule has 1 saturated heterocycles. The third kappa shape index (κ3) is 5.71. The molecule has 5 heteroatoms. The molecule has 2 rings (SSSR count). The van der Waals surface area contributed by atoms with Gasteiger partial charge in [-0.15, -0.1) is 0 Å². The van der Waals surface area contributed by atoms with E-state index in [9.17, 15) is 0 Å². The van der Waals surface area contributed by atoms with Gasteiger partial charge in [0.1, 0.15) is 5.75 Å². The molecule has 1 heterocycles. The first-order chi connectivity index (χ1) is 11.8. The van der Waals surface area contributed by atoms with Gasteiger partial charge < -0.3 is 20.3 Å². The number of hydrogen-bond acceptors (Lipinski definition) is 3. The van der Waals surface area contributed by atoms with E-state index in [0.717, 1.165) is 23.8 Å². The number of hydrogen-bond donors (Lipinski definition) is 2. The van der Waals surface area contributed by atoms with E-state index in [2.05, 4.69) is 35.4 Å². The lowest BCUT2D eigenvalue weighted by atomic mass is 10.1. The van der Waals surface area contributed by atoms with E-state index in [1.807, 2.05) is 18.2 Å². The number of methoxy groups -OCH3 is 1. The van der Waals surface area contributed by atoms with Crippen molar-refractivity contribution in [2.75, 3.05) is 33.3 Å². The summed E-state index contributed by atoms with van der Waals surface area (Å²) in [6.07, 6.45) is 3.60. The number of guanidine groups is 1. The summed E-state index contributed by atoms with van der Waals surface area (Å²) in [5, 5.41) is 6.96. The summed E-state index contributed by atoms with van der Waals surface area (Å²) in [4.78, 5) is 7.30. The Morgan fingerprint density at radius 2 is 2.00 bits per heavy atom. The van der Waals surface area contributed by atoms with Crippen molar-refractivity contribution < 1.29 is 4.74 Å². The molecule has 1 fully saturated rings. The van der Waals surface area contributed by atoms with Gasteiger partial charge in [0, 0.05) is 31.2 Å². The van der Waals surface area contributed by atoms with Crippen molar-refractivity contribution in [3.05, 3.63) is 29.8 Å². The van der Waals surface area contributed by atoms with Gasteiger partial charge in [-0.25, -0.2) is 4.99 Å². The molecule has 0 radical (unpaired) electrons. The molecule has 1 aliphatic heterocycles. The Bertz CT molecular complexity index is 510. The Morgan fingerprint density at radius 3 is 2.67 bits per heavy atom. The zero-order valence-electron chi connectivity index (χ0n) is 15.3. The van der Waals surface area contributed by atoms with E-state index in [1.165, 1.54) is 38.9 Å². The molecular formula is C19H32N4O. The molecule has 0 bridgehead atoms. The summed E-state index contributed by atoms with van der Waals surface area (Å²) in [5.41, 5.74) is 1.11. The number of benzene rings is 1. The maximum Gasteiger partial charge on any atom is 0.191 e. The number of likely N-dealkylation sites (tertiary alicyclic amines) is 1. The number of ether oxygens (including phenoxy) is 1. The zero-order valence-corrected chi connectivity index (χ0v) is 15.3. The van der Waals surface area contributed by atoms with Gasteiger partial charge in [-0.2, -0.15) is 0 Å². The highest BCUT2D eigenvalue weighted by molar-refractivity contribution is 5.80. The van der Waals surface area contributed by atoms with Crippen LogP contribution in [0.2, 0.25) is 0 Å². The Kier molecular flexibility index (Phi) is 7.89. The first-order valence-electron chi connectivity index (χ1n) is 9.15. The quantitative estimate of drug-likeness (QED) is 0.595. The van der Waals surface area contributed by atoms with Crippen molar-refractivity contribution in [1.29, 1.82) is 0 Å². The molecule has 5 nitrogen and oxygen atoms in total. The molecule has 2 N–H and O–H groups in total. The Labute approximate surface area is 146 Å². The minimum atomic E-state index is 0.508. The van der Waals surface area contributed by atoms with E-state index in [1.54, 1.807) is 7.11 Å². The van der Waals surface area contributed by atoms with E-state index in [4.69, 9.17) is 9.73 Å². The average molecular weight is 332 g/mol. The molecule has 0 amide bonds. The molecule has 1 aliphatic rings. The molecule has 0 aliphatic carbocycles. The largest absolute Gasteiger partial charge is 0.496 e. The number of nitrogens with one attached hydrogen (secondary N) is 2. The highest BCUT2D eigenvalue weighted by Crippen LogP contribution is 2.18. The van der Waals surface area contributed by atoms with E-state index in [-0.39, 0.29) is 0 Å². The van der Waals surface area contributed by atoms with Crippen LogP contribution >= 0.6 is 0 Å². The van der Waals surface area contributed by atoms with Crippen molar-refractivity contribution in [3.8, 4) is 5.75 Å². The third-order valence-electron chi connectivity index (χ3n) is 4.41. The molecule has 0 unspecified atom stereocenters. The van der Waals surface area contributed by atoms with Crippen molar-refractivity contribution in [2.45, 2.75) is 45.7 Å². The van der Waals surface area contributed by atoms with Crippen molar-refractivity contribution in [1.82, 2.24) is 15.5 Å². The monoisotopic (exact) mass is 332 g/mol. The highest BCUT2D eigenvalue weighted by atomic mass is 16.5. The number of para-hydroxylation sites is 1. The molecule has 0 aromatic heterocycles. The summed E-state index contributed by atoms with van der Waals surface area (Å²) < 4.78 is 5.41. The minimum absolute atomic E-state index is 0.508. The predicted octanol–water partition coefficient (Wildman–Crippen LogP) is 2.62. The van der Waals surface area contributed by atoms with Gasteiger partial charge in [0.2, 0.25) is 0 Å². The SMILES string of the molecule is CCCN1CCC(NC(=NCc2ccccc2OC)NCC)CC1. The fraction of sp³-hybridized carbons (Fsp3) is 0.632. The molecule has 0 atom stereocenters. The fourth-order valence-corrected chi connectivity index (χ4v) is 3.13. The molecule has 1 aromatic rings. The maximum absolute atomic E-state index is 5.41. The first kappa shape index (κ1) is 18.6. The molecule has 24 heavy (non-hydrogen) atoms. The van der Waals surface area contributed by atoms with Crippen molar-refractivity contribution in [2.24, 2.45) is 4.99 Å². The zero-order chi connectivity index (χ0) is 17.2. The predicted molar refractivity (Wildman–Crippen MR) is 101 cm³/mol. The fourth-order valence-electron chi connectivity index (χ4n) is 3.13. The Balaban J connectivity index is 1.91. The Morgan fingerprint density at radius 1 is 1.25 bits per heavy atom. The van der Waals surface area contributed by atoms with Gasteiger partial charge in [-0.1, -0.05) is 25.1 Å². The second-order valence-electron chi connectivity index (χ2n) is 6.27.